The molecule has 122 valence electrons. The summed E-state index contributed by atoms with van der Waals surface area (Å²) in [6.07, 6.45) is 0. The molecule has 24 heavy (non-hydrogen) atoms. The highest BCUT2D eigenvalue weighted by Crippen LogP contribution is 2.40. The van der Waals surface area contributed by atoms with Gasteiger partial charge in [-0.15, -0.1) is 0 Å². The van der Waals surface area contributed by atoms with E-state index in [-0.39, 0.29) is 10.6 Å². The number of rotatable bonds is 4. The molecule has 6 heteroatoms. The average Bonchev–Trinajstić information content (AvgIpc) is 2.63. The number of hydrogen-bond acceptors (Lipinski definition) is 2. The van der Waals surface area contributed by atoms with Crippen LogP contribution in [0, 0.1) is 0 Å². The maximum Gasteiger partial charge on any atom is 0.258 e. The molecule has 2 N–H and O–H groups in total. The predicted molar refractivity (Wildman–Crippen MR) is 97.5 cm³/mol. The summed E-state index contributed by atoms with van der Waals surface area (Å²) < 4.78 is 25.3. The van der Waals surface area contributed by atoms with Gasteiger partial charge in [0.25, 0.3) is 14.7 Å². The lowest BCUT2D eigenvalue weighted by Crippen LogP contribution is -2.20. The highest BCUT2D eigenvalue weighted by atomic mass is 31.2. The normalized spacial score (nSPS) is 16.1. The topological polar surface area (TPSA) is 74.6 Å². The molecule has 3 aromatic rings. The summed E-state index contributed by atoms with van der Waals surface area (Å²) in [5.41, 5.74) is 0. The molecule has 2 atom stereocenters. The van der Waals surface area contributed by atoms with Gasteiger partial charge in [0.05, 0.1) is 0 Å². The Kier molecular flexibility index (Phi) is 4.58. The van der Waals surface area contributed by atoms with E-state index in [1.165, 1.54) is 24.3 Å². The van der Waals surface area contributed by atoms with Gasteiger partial charge in [0.15, 0.2) is 0 Å². The van der Waals surface area contributed by atoms with Gasteiger partial charge in [0, 0.05) is 21.2 Å². The second-order valence-electron chi connectivity index (χ2n) is 5.34. The largest absolute Gasteiger partial charge is 0.338 e. The van der Waals surface area contributed by atoms with Crippen molar-refractivity contribution < 1.29 is 18.9 Å². The van der Waals surface area contributed by atoms with Crippen molar-refractivity contribution in [1.29, 1.82) is 0 Å². The number of benzene rings is 3. The molecule has 3 rings (SSSR count). The fraction of sp³-hybridized carbons (Fsp3) is 0. The first kappa shape index (κ1) is 16.9. The number of hydrogen-bond donors (Lipinski definition) is 2. The van der Waals surface area contributed by atoms with Crippen LogP contribution in [0.2, 0.25) is 0 Å². The Morgan fingerprint density at radius 1 is 0.458 bits per heavy atom. The Balaban J connectivity index is 1.97. The van der Waals surface area contributed by atoms with E-state index in [0.717, 1.165) is 0 Å². The molecule has 0 spiro atoms. The zero-order valence-electron chi connectivity index (χ0n) is 12.7. The third-order valence-electron chi connectivity index (χ3n) is 3.76. The molecule has 0 fully saturated rings. The lowest BCUT2D eigenvalue weighted by Gasteiger charge is -2.15. The summed E-state index contributed by atoms with van der Waals surface area (Å²) in [5.74, 6) is 0. The molecule has 0 heterocycles. The molecular weight excluding hydrogens is 342 g/mol. The first-order valence-electron chi connectivity index (χ1n) is 7.30. The van der Waals surface area contributed by atoms with Gasteiger partial charge in [-0.3, -0.25) is 9.13 Å². The predicted octanol–water partition coefficient (Wildman–Crippen LogP) is 2.13. The fourth-order valence-electron chi connectivity index (χ4n) is 2.42. The summed E-state index contributed by atoms with van der Waals surface area (Å²) in [5, 5.41) is 1.11. The SMILES string of the molecule is O=P(O)(c1ccccc1)c1ccc(P(=O)(O)c2ccccc2)cc1. The van der Waals surface area contributed by atoms with Crippen LogP contribution in [-0.4, -0.2) is 9.79 Å². The third-order valence-corrected chi connectivity index (χ3v) is 7.75. The van der Waals surface area contributed by atoms with E-state index in [4.69, 9.17) is 0 Å². The molecule has 0 aliphatic heterocycles. The Bertz CT molecular complexity index is 844. The van der Waals surface area contributed by atoms with Crippen molar-refractivity contribution in [3.05, 3.63) is 84.9 Å². The van der Waals surface area contributed by atoms with Crippen molar-refractivity contribution in [2.24, 2.45) is 0 Å². The summed E-state index contributed by atoms with van der Waals surface area (Å²) >= 11 is 0. The molecule has 2 unspecified atom stereocenters. The van der Waals surface area contributed by atoms with Crippen LogP contribution in [0.4, 0.5) is 0 Å². The maximum absolute atomic E-state index is 12.7. The highest BCUT2D eigenvalue weighted by molar-refractivity contribution is 7.74. The fourth-order valence-corrected chi connectivity index (χ4v) is 5.27. The van der Waals surface area contributed by atoms with E-state index in [2.05, 4.69) is 0 Å². The smallest absolute Gasteiger partial charge is 0.258 e. The van der Waals surface area contributed by atoms with Crippen LogP contribution in [0.25, 0.3) is 0 Å². The maximum atomic E-state index is 12.7. The van der Waals surface area contributed by atoms with Crippen molar-refractivity contribution in [2.45, 2.75) is 0 Å². The van der Waals surface area contributed by atoms with Gasteiger partial charge < -0.3 is 9.79 Å². The van der Waals surface area contributed by atoms with Crippen LogP contribution >= 0.6 is 14.7 Å². The molecule has 0 bridgehead atoms. The zero-order valence-corrected chi connectivity index (χ0v) is 14.5. The molecule has 0 radical (unpaired) electrons. The quantitative estimate of drug-likeness (QED) is 0.701. The van der Waals surface area contributed by atoms with Gasteiger partial charge in [-0.05, 0) is 48.5 Å². The minimum absolute atomic E-state index is 0.227. The van der Waals surface area contributed by atoms with Gasteiger partial charge in [0.1, 0.15) is 0 Å². The molecule has 3 aromatic carbocycles. The van der Waals surface area contributed by atoms with E-state index >= 15 is 0 Å². The minimum atomic E-state index is -3.71. The molecular formula is C18H16O4P2. The first-order valence-corrected chi connectivity index (χ1v) is 10.6. The van der Waals surface area contributed by atoms with Crippen LogP contribution in [0.5, 0.6) is 0 Å². The van der Waals surface area contributed by atoms with E-state index in [9.17, 15) is 18.9 Å². The van der Waals surface area contributed by atoms with E-state index < -0.39 is 14.7 Å². The minimum Gasteiger partial charge on any atom is -0.338 e. The molecule has 0 aliphatic rings. The van der Waals surface area contributed by atoms with Gasteiger partial charge in [0.2, 0.25) is 0 Å². The van der Waals surface area contributed by atoms with Gasteiger partial charge >= 0.3 is 0 Å². The van der Waals surface area contributed by atoms with Crippen LogP contribution in [0.3, 0.4) is 0 Å². The lowest BCUT2D eigenvalue weighted by molar-refractivity contribution is 0.499. The molecule has 4 nitrogen and oxygen atoms in total. The van der Waals surface area contributed by atoms with Gasteiger partial charge in [-0.2, -0.15) is 0 Å². The van der Waals surface area contributed by atoms with Gasteiger partial charge in [-0.1, -0.05) is 36.4 Å². The molecule has 0 saturated carbocycles. The Labute approximate surface area is 140 Å². The highest BCUT2D eigenvalue weighted by Gasteiger charge is 2.27. The van der Waals surface area contributed by atoms with Crippen molar-refractivity contribution in [3.63, 3.8) is 0 Å². The first-order chi connectivity index (χ1) is 11.4. The van der Waals surface area contributed by atoms with Crippen molar-refractivity contribution in [3.8, 4) is 0 Å². The second kappa shape index (κ2) is 6.51. The summed E-state index contributed by atoms with van der Waals surface area (Å²) in [7, 11) is -7.43. The average molecular weight is 358 g/mol. The Hall–Kier alpha value is -1.96. The monoisotopic (exact) mass is 358 g/mol. The van der Waals surface area contributed by atoms with Crippen molar-refractivity contribution in [1.82, 2.24) is 0 Å². The second-order valence-corrected chi connectivity index (χ2v) is 9.71. The third kappa shape index (κ3) is 3.15. The van der Waals surface area contributed by atoms with Gasteiger partial charge in [-0.25, -0.2) is 0 Å². The lowest BCUT2D eigenvalue weighted by atomic mass is 10.4. The van der Waals surface area contributed by atoms with E-state index in [1.807, 2.05) is 0 Å². The molecule has 0 aromatic heterocycles. The molecule has 0 saturated heterocycles. The van der Waals surface area contributed by atoms with E-state index in [0.29, 0.717) is 10.6 Å². The van der Waals surface area contributed by atoms with Crippen molar-refractivity contribution >= 4 is 36.0 Å². The summed E-state index contributed by atoms with van der Waals surface area (Å²) in [6, 6.07) is 22.5. The van der Waals surface area contributed by atoms with E-state index in [1.54, 1.807) is 60.7 Å². The zero-order chi connectivity index (χ0) is 17.2. The summed E-state index contributed by atoms with van der Waals surface area (Å²) in [6.45, 7) is 0. The van der Waals surface area contributed by atoms with Crippen LogP contribution in [0.15, 0.2) is 84.9 Å². The van der Waals surface area contributed by atoms with Crippen LogP contribution in [0.1, 0.15) is 0 Å². The van der Waals surface area contributed by atoms with Crippen LogP contribution < -0.4 is 21.2 Å². The molecule has 0 aliphatic carbocycles. The summed E-state index contributed by atoms with van der Waals surface area (Å²) in [4.78, 5) is 20.8. The Morgan fingerprint density at radius 3 is 1.00 bits per heavy atom. The molecule has 0 amide bonds. The Morgan fingerprint density at radius 2 is 0.708 bits per heavy atom. The van der Waals surface area contributed by atoms with Crippen molar-refractivity contribution in [2.75, 3.05) is 0 Å². The van der Waals surface area contributed by atoms with Crippen LogP contribution in [-0.2, 0) is 9.13 Å². The standard InChI is InChI=1S/C18H16O4P2/c19-23(20,15-7-3-1-4-8-15)17-11-13-18(14-12-17)24(21,22)16-9-5-2-6-10-16/h1-14H,(H,19,20)(H,21,22).